The van der Waals surface area contributed by atoms with Crippen molar-refractivity contribution in [2.24, 2.45) is 0 Å². The average molecular weight is 462 g/mol. The second kappa shape index (κ2) is 11.6. The second-order valence-corrected chi connectivity index (χ2v) is 7.34. The van der Waals surface area contributed by atoms with E-state index in [0.717, 1.165) is 0 Å². The van der Waals surface area contributed by atoms with Gasteiger partial charge in [0.25, 0.3) is 0 Å². The molecule has 1 unspecified atom stereocenters. The summed E-state index contributed by atoms with van der Waals surface area (Å²) in [6.07, 6.45) is 3.52. The molecule has 0 aromatic heterocycles. The number of hydrogen-bond acceptors (Lipinski definition) is 0. The van der Waals surface area contributed by atoms with E-state index < -0.39 is 0 Å². The van der Waals surface area contributed by atoms with Gasteiger partial charge in [-0.15, -0.1) is 41.0 Å². The number of allylic oxidation sites excluding steroid dienone is 1. The van der Waals surface area contributed by atoms with Crippen LogP contribution in [0.4, 0.5) is 0 Å². The Bertz CT molecular complexity index is 862. The average Bonchev–Trinajstić information content (AvgIpc) is 3.10. The van der Waals surface area contributed by atoms with E-state index >= 15 is 0 Å². The van der Waals surface area contributed by atoms with E-state index in [1.54, 1.807) is 0 Å². The molecule has 4 rings (SSSR count). The minimum absolute atomic E-state index is 0. The first-order valence-corrected chi connectivity index (χ1v) is 9.39. The number of benzene rings is 2. The van der Waals surface area contributed by atoms with Crippen LogP contribution in [-0.2, 0) is 26.2 Å². The van der Waals surface area contributed by atoms with Gasteiger partial charge in [0.05, 0.1) is 0 Å². The van der Waals surface area contributed by atoms with Gasteiger partial charge in [-0.1, -0.05) is 83.5 Å². The molecule has 29 heavy (non-hydrogen) atoms. The third kappa shape index (κ3) is 5.52. The Labute approximate surface area is 198 Å². The van der Waals surface area contributed by atoms with Crippen molar-refractivity contribution in [3.8, 4) is 0 Å². The van der Waals surface area contributed by atoms with E-state index in [4.69, 9.17) is 0 Å². The van der Waals surface area contributed by atoms with Gasteiger partial charge >= 0.3 is 26.2 Å². The fraction of sp³-hybridized carbons (Fsp3) is 0.250. The predicted molar refractivity (Wildman–Crippen MR) is 126 cm³/mol. The van der Waals surface area contributed by atoms with Crippen molar-refractivity contribution in [1.82, 2.24) is 0 Å². The smallest absolute Gasteiger partial charge is 0.358 e. The molecule has 3 aromatic rings. The number of rotatable bonds is 1. The molecule has 0 radical (unpaired) electrons. The quantitative estimate of drug-likeness (QED) is 0.323. The van der Waals surface area contributed by atoms with E-state index in [1.807, 2.05) is 0 Å². The topological polar surface area (TPSA) is 0 Å². The summed E-state index contributed by atoms with van der Waals surface area (Å²) in [6.45, 7) is 13.2. The van der Waals surface area contributed by atoms with Gasteiger partial charge in [0, 0.05) is 0 Å². The standard InChI is InChI=1S/C16H13.C10H15.2CH3.Zr/c1-12-15-10-6-5-9-14(15)11-16(12)13-7-3-2-4-8-13;1-6-7(2)9(4)10(5)8(6)3;;;/h2-10,12H,1H3;1-5H3;2*1H3;/q4*-1;+4. The first kappa shape index (κ1) is 27.4. The monoisotopic (exact) mass is 460 g/mol. The molecule has 0 heterocycles. The Morgan fingerprint density at radius 3 is 1.69 bits per heavy atom. The Balaban J connectivity index is 0.000000535. The van der Waals surface area contributed by atoms with E-state index in [1.165, 1.54) is 50.1 Å². The largest absolute Gasteiger partial charge is 4.00 e. The van der Waals surface area contributed by atoms with Crippen molar-refractivity contribution in [2.45, 2.75) is 47.5 Å². The van der Waals surface area contributed by atoms with Gasteiger partial charge in [0.2, 0.25) is 0 Å². The van der Waals surface area contributed by atoms with Crippen LogP contribution in [-0.4, -0.2) is 0 Å². The summed E-state index contributed by atoms with van der Waals surface area (Å²) in [4.78, 5) is 0. The molecule has 0 bridgehead atoms. The minimum atomic E-state index is 0. The maximum absolute atomic E-state index is 3.52. The van der Waals surface area contributed by atoms with E-state index in [2.05, 4.69) is 102 Å². The molecular weight excluding hydrogens is 428 g/mol. The van der Waals surface area contributed by atoms with Crippen LogP contribution >= 0.6 is 0 Å². The molecule has 1 aliphatic rings. The summed E-state index contributed by atoms with van der Waals surface area (Å²) in [6, 6.07) is 19.0. The van der Waals surface area contributed by atoms with Crippen molar-refractivity contribution < 1.29 is 26.2 Å². The molecule has 0 N–H and O–H groups in total. The van der Waals surface area contributed by atoms with E-state index in [0.29, 0.717) is 5.92 Å². The minimum Gasteiger partial charge on any atom is -0.358 e. The van der Waals surface area contributed by atoms with Gasteiger partial charge in [0.15, 0.2) is 0 Å². The maximum Gasteiger partial charge on any atom is 4.00 e. The van der Waals surface area contributed by atoms with Crippen molar-refractivity contribution in [3.63, 3.8) is 0 Å². The molecule has 0 spiro atoms. The summed E-state index contributed by atoms with van der Waals surface area (Å²) in [5, 5.41) is 0. The maximum atomic E-state index is 3.52. The van der Waals surface area contributed by atoms with Crippen molar-refractivity contribution >= 4 is 5.57 Å². The van der Waals surface area contributed by atoms with Crippen molar-refractivity contribution in [1.29, 1.82) is 0 Å². The van der Waals surface area contributed by atoms with Gasteiger partial charge in [-0.05, 0) is 5.92 Å². The van der Waals surface area contributed by atoms with Crippen LogP contribution in [0.25, 0.3) is 5.57 Å². The summed E-state index contributed by atoms with van der Waals surface area (Å²) in [7, 11) is 0. The Hall–Kier alpha value is -1.59. The molecule has 3 aromatic carbocycles. The fourth-order valence-corrected chi connectivity index (χ4v) is 3.74. The van der Waals surface area contributed by atoms with Gasteiger partial charge in [-0.25, -0.2) is 0 Å². The van der Waals surface area contributed by atoms with Crippen LogP contribution < -0.4 is 0 Å². The summed E-state index contributed by atoms with van der Waals surface area (Å²) in [5.41, 5.74) is 12.6. The molecule has 0 saturated carbocycles. The zero-order chi connectivity index (χ0) is 18.8. The van der Waals surface area contributed by atoms with Gasteiger partial charge in [-0.3, -0.25) is 0 Å². The van der Waals surface area contributed by atoms with Crippen LogP contribution in [0.1, 0.15) is 57.3 Å². The molecule has 0 fully saturated rings. The molecule has 0 aliphatic heterocycles. The molecule has 0 saturated heterocycles. The number of fused-ring (bicyclic) bond motifs is 1. The molecule has 1 atom stereocenters. The first-order valence-electron chi connectivity index (χ1n) is 9.39. The Kier molecular flexibility index (Phi) is 10.9. The van der Waals surface area contributed by atoms with Gasteiger partial charge < -0.3 is 14.9 Å². The third-order valence-electron chi connectivity index (χ3n) is 6.03. The van der Waals surface area contributed by atoms with E-state index in [9.17, 15) is 0 Å². The summed E-state index contributed by atoms with van der Waals surface area (Å²) in [5.74, 6) is 0.457. The SMILES string of the molecule is CC1C(c2ccccc2)=[C-]c2ccccc21.Cc1c(C)c(C)[c-](C)c1C.[CH3-].[CH3-].[Zr+4]. The summed E-state index contributed by atoms with van der Waals surface area (Å²) >= 11 is 0. The number of hydrogen-bond donors (Lipinski definition) is 0. The van der Waals surface area contributed by atoms with Crippen LogP contribution in [0.15, 0.2) is 54.6 Å². The van der Waals surface area contributed by atoms with Crippen LogP contribution in [0.5, 0.6) is 0 Å². The molecular formula is C28H34Zr. The van der Waals surface area contributed by atoms with Crippen molar-refractivity contribution in [2.75, 3.05) is 0 Å². The third-order valence-corrected chi connectivity index (χ3v) is 6.03. The van der Waals surface area contributed by atoms with E-state index in [-0.39, 0.29) is 41.1 Å². The van der Waals surface area contributed by atoms with Crippen LogP contribution in [0.2, 0.25) is 0 Å². The molecule has 1 heteroatoms. The molecule has 0 amide bonds. The Morgan fingerprint density at radius 1 is 0.759 bits per heavy atom. The fourth-order valence-electron chi connectivity index (χ4n) is 3.74. The van der Waals surface area contributed by atoms with Crippen LogP contribution in [0.3, 0.4) is 0 Å². The molecule has 150 valence electrons. The van der Waals surface area contributed by atoms with Crippen LogP contribution in [0, 0.1) is 55.5 Å². The molecule has 1 aliphatic carbocycles. The zero-order valence-electron chi connectivity index (χ0n) is 19.3. The Morgan fingerprint density at radius 2 is 1.24 bits per heavy atom. The van der Waals surface area contributed by atoms with Gasteiger partial charge in [0.1, 0.15) is 0 Å². The van der Waals surface area contributed by atoms with Crippen molar-refractivity contribution in [3.05, 3.63) is 120 Å². The second-order valence-electron chi connectivity index (χ2n) is 7.34. The van der Waals surface area contributed by atoms with Gasteiger partial charge in [-0.2, -0.15) is 27.8 Å². The molecule has 0 nitrogen and oxygen atoms in total. The predicted octanol–water partition coefficient (Wildman–Crippen LogP) is 7.88. The normalized spacial score (nSPS) is 13.6. The zero-order valence-corrected chi connectivity index (χ0v) is 21.7. The summed E-state index contributed by atoms with van der Waals surface area (Å²) < 4.78 is 0. The first-order chi connectivity index (χ1) is 12.4.